The molecule has 0 unspecified atom stereocenters. The first-order chi connectivity index (χ1) is 12.1. The highest BCUT2D eigenvalue weighted by molar-refractivity contribution is 5.85. The van der Waals surface area contributed by atoms with E-state index in [4.69, 9.17) is 10.5 Å². The smallest absolute Gasteiger partial charge is 0.223 e. The van der Waals surface area contributed by atoms with Gasteiger partial charge in [0.15, 0.2) is 0 Å². The second-order valence-electron chi connectivity index (χ2n) is 6.64. The standard InChI is InChI=1S/C19H26N4O2.2ClH/c1-13-21-9-10-23(13)17-6-4-3-5-15(17)12-22-19(24)14-7-8-18(25-2)16(20)11-14;;/h3-6,9-10,14,16,18H,7-8,11-12,20H2,1-2H3,(H,22,24);2*1H/t14-,16+,18+;;/m0../s1. The fourth-order valence-electron chi connectivity index (χ4n) is 3.56. The average Bonchev–Trinajstić information content (AvgIpc) is 3.05. The Morgan fingerprint density at radius 2 is 2.07 bits per heavy atom. The molecule has 0 aliphatic heterocycles. The highest BCUT2D eigenvalue weighted by atomic mass is 35.5. The zero-order chi connectivity index (χ0) is 17.8. The predicted octanol–water partition coefficient (Wildman–Crippen LogP) is 2.78. The van der Waals surface area contributed by atoms with Crippen LogP contribution in [0.2, 0.25) is 0 Å². The number of ether oxygens (including phenoxy) is 1. The van der Waals surface area contributed by atoms with Crippen LogP contribution >= 0.6 is 24.8 Å². The van der Waals surface area contributed by atoms with Gasteiger partial charge in [0.25, 0.3) is 0 Å². The molecule has 1 saturated carbocycles. The summed E-state index contributed by atoms with van der Waals surface area (Å²) in [6, 6.07) is 7.97. The summed E-state index contributed by atoms with van der Waals surface area (Å²) in [5.74, 6) is 0.952. The topological polar surface area (TPSA) is 82.2 Å². The quantitative estimate of drug-likeness (QED) is 0.787. The zero-order valence-corrected chi connectivity index (χ0v) is 17.3. The number of para-hydroxylation sites is 1. The molecule has 1 aromatic heterocycles. The highest BCUT2D eigenvalue weighted by Gasteiger charge is 2.31. The van der Waals surface area contributed by atoms with Crippen LogP contribution in [0.15, 0.2) is 36.7 Å². The first-order valence-electron chi connectivity index (χ1n) is 8.74. The van der Waals surface area contributed by atoms with E-state index in [0.29, 0.717) is 13.0 Å². The third kappa shape index (κ3) is 5.45. The van der Waals surface area contributed by atoms with Crippen LogP contribution in [-0.2, 0) is 16.1 Å². The number of halogens is 2. The Balaban J connectivity index is 0.00000182. The van der Waals surface area contributed by atoms with Gasteiger partial charge in [-0.15, -0.1) is 24.8 Å². The molecule has 6 nitrogen and oxygen atoms in total. The molecule has 0 spiro atoms. The number of nitrogens with one attached hydrogen (secondary N) is 1. The number of methoxy groups -OCH3 is 1. The molecule has 0 saturated heterocycles. The number of aryl methyl sites for hydroxylation is 1. The largest absolute Gasteiger partial charge is 0.380 e. The average molecular weight is 415 g/mol. The molecule has 1 aromatic carbocycles. The van der Waals surface area contributed by atoms with E-state index in [9.17, 15) is 4.79 Å². The van der Waals surface area contributed by atoms with Crippen molar-refractivity contribution in [2.45, 2.75) is 44.9 Å². The lowest BCUT2D eigenvalue weighted by Crippen LogP contribution is -2.45. The fourth-order valence-corrected chi connectivity index (χ4v) is 3.56. The van der Waals surface area contributed by atoms with E-state index in [1.165, 1.54) is 0 Å². The number of nitrogens with zero attached hydrogens (tertiary/aromatic N) is 2. The van der Waals surface area contributed by atoms with Gasteiger partial charge < -0.3 is 20.4 Å². The number of hydrogen-bond donors (Lipinski definition) is 2. The minimum atomic E-state index is -0.0737. The van der Waals surface area contributed by atoms with E-state index < -0.39 is 0 Å². The van der Waals surface area contributed by atoms with Gasteiger partial charge in [-0.3, -0.25) is 4.79 Å². The van der Waals surface area contributed by atoms with Crippen LogP contribution in [0.3, 0.4) is 0 Å². The monoisotopic (exact) mass is 414 g/mol. The van der Waals surface area contributed by atoms with Gasteiger partial charge in [0.2, 0.25) is 5.91 Å². The third-order valence-corrected chi connectivity index (χ3v) is 5.04. The maximum absolute atomic E-state index is 12.6. The summed E-state index contributed by atoms with van der Waals surface area (Å²) in [5.41, 5.74) is 8.22. The molecule has 1 heterocycles. The summed E-state index contributed by atoms with van der Waals surface area (Å²) in [6.07, 6.45) is 6.10. The molecule has 150 valence electrons. The van der Waals surface area contributed by atoms with Crippen molar-refractivity contribution in [3.05, 3.63) is 48.0 Å². The SMILES string of the molecule is CO[C@@H]1CC[C@H](C(=O)NCc2ccccc2-n2ccnc2C)C[C@H]1N.Cl.Cl. The number of aromatic nitrogens is 2. The molecular weight excluding hydrogens is 387 g/mol. The summed E-state index contributed by atoms with van der Waals surface area (Å²) < 4.78 is 7.39. The number of nitrogens with two attached hydrogens (primary N) is 1. The summed E-state index contributed by atoms with van der Waals surface area (Å²) >= 11 is 0. The molecule has 0 bridgehead atoms. The van der Waals surface area contributed by atoms with Crippen LogP contribution in [0, 0.1) is 12.8 Å². The molecule has 1 amide bonds. The number of rotatable bonds is 5. The summed E-state index contributed by atoms with van der Waals surface area (Å²) in [4.78, 5) is 16.8. The molecule has 3 N–H and O–H groups in total. The van der Waals surface area contributed by atoms with E-state index in [1.54, 1.807) is 13.3 Å². The van der Waals surface area contributed by atoms with Gasteiger partial charge in [-0.2, -0.15) is 0 Å². The third-order valence-electron chi connectivity index (χ3n) is 5.04. The minimum absolute atomic E-state index is 0. The maximum atomic E-state index is 12.6. The van der Waals surface area contributed by atoms with Crippen LogP contribution in [-0.4, -0.2) is 34.7 Å². The molecule has 1 aliphatic rings. The van der Waals surface area contributed by atoms with Crippen molar-refractivity contribution in [1.29, 1.82) is 0 Å². The van der Waals surface area contributed by atoms with Crippen molar-refractivity contribution < 1.29 is 9.53 Å². The van der Waals surface area contributed by atoms with Crippen molar-refractivity contribution in [2.24, 2.45) is 11.7 Å². The second-order valence-corrected chi connectivity index (χ2v) is 6.64. The molecule has 2 aromatic rings. The molecule has 8 heteroatoms. The minimum Gasteiger partial charge on any atom is -0.380 e. The highest BCUT2D eigenvalue weighted by Crippen LogP contribution is 2.25. The lowest BCUT2D eigenvalue weighted by Gasteiger charge is -2.32. The van der Waals surface area contributed by atoms with E-state index in [0.717, 1.165) is 29.9 Å². The molecule has 1 aliphatic carbocycles. The normalized spacial score (nSPS) is 21.7. The van der Waals surface area contributed by atoms with Gasteiger partial charge in [-0.05, 0) is 37.8 Å². The molecule has 0 radical (unpaired) electrons. The summed E-state index contributed by atoms with van der Waals surface area (Å²) in [6.45, 7) is 2.46. The summed E-state index contributed by atoms with van der Waals surface area (Å²) in [5, 5.41) is 3.07. The van der Waals surface area contributed by atoms with E-state index in [-0.39, 0.29) is 48.8 Å². The maximum Gasteiger partial charge on any atom is 0.223 e. The van der Waals surface area contributed by atoms with Crippen molar-refractivity contribution in [2.75, 3.05) is 7.11 Å². The molecule has 27 heavy (non-hydrogen) atoms. The zero-order valence-electron chi connectivity index (χ0n) is 15.6. The van der Waals surface area contributed by atoms with Gasteiger partial charge in [-0.1, -0.05) is 18.2 Å². The molecule has 3 rings (SSSR count). The number of imidazole rings is 1. The number of amides is 1. The van der Waals surface area contributed by atoms with Gasteiger partial charge >= 0.3 is 0 Å². The Morgan fingerprint density at radius 3 is 2.70 bits per heavy atom. The Bertz CT molecular complexity index is 738. The van der Waals surface area contributed by atoms with Crippen molar-refractivity contribution in [3.63, 3.8) is 0 Å². The van der Waals surface area contributed by atoms with Crippen molar-refractivity contribution in [3.8, 4) is 5.69 Å². The summed E-state index contributed by atoms with van der Waals surface area (Å²) in [7, 11) is 1.68. The first-order valence-corrected chi connectivity index (χ1v) is 8.74. The van der Waals surface area contributed by atoms with E-state index >= 15 is 0 Å². The van der Waals surface area contributed by atoms with Gasteiger partial charge in [0.05, 0.1) is 11.8 Å². The number of carbonyl (C=O) groups is 1. The first kappa shape index (κ1) is 23.4. The van der Waals surface area contributed by atoms with Crippen LogP contribution < -0.4 is 11.1 Å². The van der Waals surface area contributed by atoms with Gasteiger partial charge in [0, 0.05) is 38.0 Å². The molecule has 1 fully saturated rings. The van der Waals surface area contributed by atoms with Crippen LogP contribution in [0.1, 0.15) is 30.7 Å². The fraction of sp³-hybridized carbons (Fsp3) is 0.474. The van der Waals surface area contributed by atoms with E-state index in [2.05, 4.69) is 10.3 Å². The number of carbonyl (C=O) groups excluding carboxylic acids is 1. The van der Waals surface area contributed by atoms with Crippen LogP contribution in [0.25, 0.3) is 5.69 Å². The Morgan fingerprint density at radius 1 is 1.33 bits per heavy atom. The van der Waals surface area contributed by atoms with Crippen molar-refractivity contribution in [1.82, 2.24) is 14.9 Å². The second kappa shape index (κ2) is 10.7. The van der Waals surface area contributed by atoms with Gasteiger partial charge in [0.1, 0.15) is 5.82 Å². The van der Waals surface area contributed by atoms with Crippen LogP contribution in [0.5, 0.6) is 0 Å². The molecular formula is C19H28Cl2N4O2. The number of hydrogen-bond acceptors (Lipinski definition) is 4. The van der Waals surface area contributed by atoms with Gasteiger partial charge in [-0.25, -0.2) is 4.98 Å². The Labute approximate surface area is 172 Å². The van der Waals surface area contributed by atoms with Crippen LogP contribution in [0.4, 0.5) is 0 Å². The Kier molecular flexibility index (Phi) is 9.26. The lowest BCUT2D eigenvalue weighted by atomic mass is 9.83. The molecule has 3 atom stereocenters. The van der Waals surface area contributed by atoms with E-state index in [1.807, 2.05) is 42.0 Å². The lowest BCUT2D eigenvalue weighted by molar-refractivity contribution is -0.127. The Hall–Kier alpha value is -1.60. The predicted molar refractivity (Wildman–Crippen MR) is 111 cm³/mol. The van der Waals surface area contributed by atoms with Crippen molar-refractivity contribution >= 4 is 30.7 Å². The number of benzene rings is 1.